The van der Waals surface area contributed by atoms with E-state index in [2.05, 4.69) is 10.6 Å². The monoisotopic (exact) mass is 349 g/mol. The first-order chi connectivity index (χ1) is 10.8. The molecule has 130 valence electrons. The zero-order valence-electron chi connectivity index (χ0n) is 14.1. The molecule has 0 aliphatic heterocycles. The maximum absolute atomic E-state index is 12.1. The smallest absolute Gasteiger partial charge is 0.243 e. The number of nitrogens with two attached hydrogens (primary N) is 1. The van der Waals surface area contributed by atoms with E-state index in [1.165, 1.54) is 0 Å². The van der Waals surface area contributed by atoms with Crippen LogP contribution in [-0.2, 0) is 9.59 Å². The zero-order valence-corrected chi connectivity index (χ0v) is 14.9. The fourth-order valence-corrected chi connectivity index (χ4v) is 2.20. The number of amides is 2. The van der Waals surface area contributed by atoms with Crippen LogP contribution in [0.5, 0.6) is 0 Å². The summed E-state index contributed by atoms with van der Waals surface area (Å²) in [6.07, 6.45) is 0. The van der Waals surface area contributed by atoms with Crippen molar-refractivity contribution in [2.75, 3.05) is 11.9 Å². The van der Waals surface area contributed by atoms with E-state index >= 15 is 0 Å². The molecule has 0 spiro atoms. The van der Waals surface area contributed by atoms with Crippen molar-refractivity contribution in [1.82, 2.24) is 5.32 Å². The van der Waals surface area contributed by atoms with Gasteiger partial charge in [-0.15, -0.1) is 12.4 Å². The van der Waals surface area contributed by atoms with Crippen LogP contribution in [0.1, 0.15) is 20.8 Å². The molecule has 0 saturated carbocycles. The number of hydrogen-bond donors (Lipinski definition) is 3. The molecule has 24 heavy (non-hydrogen) atoms. The van der Waals surface area contributed by atoms with Gasteiger partial charge in [-0.05, 0) is 16.9 Å². The molecule has 1 atom stereocenters. The van der Waals surface area contributed by atoms with Gasteiger partial charge in [0.1, 0.15) is 0 Å². The summed E-state index contributed by atoms with van der Waals surface area (Å²) in [6.45, 7) is 5.54. The van der Waals surface area contributed by atoms with Crippen LogP contribution in [0, 0.1) is 5.41 Å². The standard InChI is InChI=1S/C18H23N3O2.ClH/c1-18(2,3)16(19)17(23)20-11-15(22)21-14-10-6-8-12-7-4-5-9-13(12)14;/h4-10,16H,11,19H2,1-3H3,(H,20,23)(H,21,22);1H/t16-;/m1./s1. The molecule has 4 N–H and O–H groups in total. The minimum absolute atomic E-state index is 0. The van der Waals surface area contributed by atoms with Gasteiger partial charge in [-0.25, -0.2) is 0 Å². The van der Waals surface area contributed by atoms with Crippen LogP contribution >= 0.6 is 12.4 Å². The van der Waals surface area contributed by atoms with E-state index in [0.717, 1.165) is 16.5 Å². The second-order valence-corrected chi connectivity index (χ2v) is 6.64. The lowest BCUT2D eigenvalue weighted by Crippen LogP contribution is -2.50. The van der Waals surface area contributed by atoms with E-state index < -0.39 is 6.04 Å². The van der Waals surface area contributed by atoms with Crippen molar-refractivity contribution in [2.24, 2.45) is 11.1 Å². The topological polar surface area (TPSA) is 84.2 Å². The van der Waals surface area contributed by atoms with E-state index in [4.69, 9.17) is 5.73 Å². The first-order valence-corrected chi connectivity index (χ1v) is 7.60. The summed E-state index contributed by atoms with van der Waals surface area (Å²) >= 11 is 0. The fraction of sp³-hybridized carbons (Fsp3) is 0.333. The van der Waals surface area contributed by atoms with Crippen LogP contribution in [0.3, 0.4) is 0 Å². The molecule has 0 heterocycles. The zero-order chi connectivity index (χ0) is 17.0. The van der Waals surface area contributed by atoms with Gasteiger partial charge in [0.2, 0.25) is 11.8 Å². The molecule has 2 amide bonds. The van der Waals surface area contributed by atoms with Gasteiger partial charge in [0.05, 0.1) is 12.6 Å². The van der Waals surface area contributed by atoms with Gasteiger partial charge in [-0.2, -0.15) is 0 Å². The number of nitrogens with one attached hydrogen (secondary N) is 2. The number of fused-ring (bicyclic) bond motifs is 1. The third kappa shape index (κ3) is 4.94. The molecular formula is C18H24ClN3O2. The summed E-state index contributed by atoms with van der Waals surface area (Å²) in [4.78, 5) is 24.0. The Balaban J connectivity index is 0.00000288. The Hall–Kier alpha value is -2.11. The van der Waals surface area contributed by atoms with Crippen molar-refractivity contribution >= 4 is 40.7 Å². The molecule has 0 fully saturated rings. The molecule has 0 aliphatic carbocycles. The Morgan fingerprint density at radius 3 is 2.38 bits per heavy atom. The Labute approximate surface area is 148 Å². The Kier molecular flexibility index (Phi) is 6.75. The Bertz CT molecular complexity index is 720. The fourth-order valence-electron chi connectivity index (χ4n) is 2.20. The summed E-state index contributed by atoms with van der Waals surface area (Å²) in [6, 6.07) is 12.8. The molecule has 2 rings (SSSR count). The van der Waals surface area contributed by atoms with Gasteiger partial charge >= 0.3 is 0 Å². The number of benzene rings is 2. The normalized spacial score (nSPS) is 12.2. The van der Waals surface area contributed by atoms with Crippen LogP contribution < -0.4 is 16.4 Å². The first kappa shape index (κ1) is 19.9. The van der Waals surface area contributed by atoms with Crippen LogP contribution in [-0.4, -0.2) is 24.4 Å². The molecule has 6 heteroatoms. The number of carbonyl (C=O) groups is 2. The lowest BCUT2D eigenvalue weighted by Gasteiger charge is -2.25. The first-order valence-electron chi connectivity index (χ1n) is 7.60. The highest BCUT2D eigenvalue weighted by Gasteiger charge is 2.27. The maximum Gasteiger partial charge on any atom is 0.243 e. The number of carbonyl (C=O) groups excluding carboxylic acids is 2. The third-order valence-corrected chi connectivity index (χ3v) is 3.70. The molecule has 0 bridgehead atoms. The third-order valence-electron chi connectivity index (χ3n) is 3.70. The van der Waals surface area contributed by atoms with E-state index in [9.17, 15) is 9.59 Å². The minimum atomic E-state index is -0.659. The van der Waals surface area contributed by atoms with Gasteiger partial charge in [0, 0.05) is 11.1 Å². The summed E-state index contributed by atoms with van der Waals surface area (Å²) in [5.41, 5.74) is 6.24. The lowest BCUT2D eigenvalue weighted by molar-refractivity contribution is -0.126. The summed E-state index contributed by atoms with van der Waals surface area (Å²) in [5, 5.41) is 7.41. The van der Waals surface area contributed by atoms with E-state index in [1.807, 2.05) is 63.2 Å². The van der Waals surface area contributed by atoms with Crippen molar-refractivity contribution < 1.29 is 9.59 Å². The Morgan fingerprint density at radius 2 is 1.71 bits per heavy atom. The number of rotatable bonds is 4. The molecule has 5 nitrogen and oxygen atoms in total. The maximum atomic E-state index is 12.1. The van der Waals surface area contributed by atoms with Crippen LogP contribution in [0.2, 0.25) is 0 Å². The molecule has 0 aromatic heterocycles. The number of halogens is 1. The van der Waals surface area contributed by atoms with E-state index in [-0.39, 0.29) is 36.2 Å². The lowest BCUT2D eigenvalue weighted by atomic mass is 9.87. The second kappa shape index (κ2) is 8.13. The SMILES string of the molecule is CC(C)(C)[C@H](N)C(=O)NCC(=O)Nc1cccc2ccccc12.Cl. The van der Waals surface area contributed by atoms with Gasteiger partial charge < -0.3 is 16.4 Å². The van der Waals surface area contributed by atoms with Gasteiger partial charge in [-0.3, -0.25) is 9.59 Å². The van der Waals surface area contributed by atoms with E-state index in [0.29, 0.717) is 0 Å². The predicted molar refractivity (Wildman–Crippen MR) is 100 cm³/mol. The van der Waals surface area contributed by atoms with Crippen molar-refractivity contribution in [3.8, 4) is 0 Å². The quantitative estimate of drug-likeness (QED) is 0.793. The molecule has 2 aromatic carbocycles. The molecule has 0 aliphatic rings. The van der Waals surface area contributed by atoms with Gasteiger partial charge in [0.25, 0.3) is 0 Å². The highest BCUT2D eigenvalue weighted by atomic mass is 35.5. The molecule has 0 unspecified atom stereocenters. The highest BCUT2D eigenvalue weighted by Crippen LogP contribution is 2.22. The van der Waals surface area contributed by atoms with E-state index in [1.54, 1.807) is 0 Å². The van der Waals surface area contributed by atoms with Crippen molar-refractivity contribution in [1.29, 1.82) is 0 Å². The average Bonchev–Trinajstić information content (AvgIpc) is 2.51. The molecule has 0 radical (unpaired) electrons. The van der Waals surface area contributed by atoms with Crippen LogP contribution in [0.25, 0.3) is 10.8 Å². The summed E-state index contributed by atoms with van der Waals surface area (Å²) in [7, 11) is 0. The largest absolute Gasteiger partial charge is 0.346 e. The minimum Gasteiger partial charge on any atom is -0.346 e. The number of anilines is 1. The summed E-state index contributed by atoms with van der Waals surface area (Å²) < 4.78 is 0. The molecular weight excluding hydrogens is 326 g/mol. The average molecular weight is 350 g/mol. The van der Waals surface area contributed by atoms with Crippen LogP contribution in [0.15, 0.2) is 42.5 Å². The highest BCUT2D eigenvalue weighted by molar-refractivity contribution is 6.03. The molecule has 0 saturated heterocycles. The Morgan fingerprint density at radius 1 is 1.08 bits per heavy atom. The van der Waals surface area contributed by atoms with Crippen molar-refractivity contribution in [3.05, 3.63) is 42.5 Å². The molecule has 2 aromatic rings. The predicted octanol–water partition coefficient (Wildman–Crippen LogP) is 2.69. The number of hydrogen-bond acceptors (Lipinski definition) is 3. The van der Waals surface area contributed by atoms with Crippen molar-refractivity contribution in [2.45, 2.75) is 26.8 Å². The van der Waals surface area contributed by atoms with Gasteiger partial charge in [-0.1, -0.05) is 57.2 Å². The summed E-state index contributed by atoms with van der Waals surface area (Å²) in [5.74, 6) is -0.610. The second-order valence-electron chi connectivity index (χ2n) is 6.64. The van der Waals surface area contributed by atoms with Crippen molar-refractivity contribution in [3.63, 3.8) is 0 Å². The van der Waals surface area contributed by atoms with Crippen LogP contribution in [0.4, 0.5) is 5.69 Å². The van der Waals surface area contributed by atoms with Gasteiger partial charge in [0.15, 0.2) is 0 Å².